The molecule has 1 rings (SSSR count). The average molecular weight is 198 g/mol. The third-order valence-electron chi connectivity index (χ3n) is 2.63. The number of nitrogen functional groups attached to an aromatic ring is 1. The van der Waals surface area contributed by atoms with Crippen LogP contribution in [0.15, 0.2) is 12.1 Å². The fourth-order valence-corrected chi connectivity index (χ4v) is 1.54. The van der Waals surface area contributed by atoms with Gasteiger partial charge >= 0.3 is 0 Å². The van der Waals surface area contributed by atoms with Gasteiger partial charge in [0.15, 0.2) is 0 Å². The van der Waals surface area contributed by atoms with Crippen molar-refractivity contribution in [2.75, 3.05) is 5.73 Å². The number of hydrogen-bond donors (Lipinski definition) is 1. The molecule has 0 saturated carbocycles. The van der Waals surface area contributed by atoms with Gasteiger partial charge in [-0.3, -0.25) is 0 Å². The Morgan fingerprint density at radius 2 is 2.08 bits per heavy atom. The molecule has 2 N–H and O–H groups in total. The van der Waals surface area contributed by atoms with Gasteiger partial charge in [-0.15, -0.1) is 0 Å². The molecule has 0 aromatic heterocycles. The molecule has 13 heavy (non-hydrogen) atoms. The van der Waals surface area contributed by atoms with Gasteiger partial charge in [-0.25, -0.2) is 0 Å². The second-order valence-electron chi connectivity index (χ2n) is 3.48. The van der Waals surface area contributed by atoms with Crippen LogP contribution in [0.2, 0.25) is 5.02 Å². The normalized spacial score (nSPS) is 12.9. The second kappa shape index (κ2) is 4.01. The second-order valence-corrected chi connectivity index (χ2v) is 3.89. The van der Waals surface area contributed by atoms with Crippen molar-refractivity contribution in [1.29, 1.82) is 0 Å². The van der Waals surface area contributed by atoms with Crippen LogP contribution in [0.4, 0.5) is 5.69 Å². The third-order valence-corrected chi connectivity index (χ3v) is 3.04. The van der Waals surface area contributed by atoms with E-state index in [2.05, 4.69) is 13.8 Å². The van der Waals surface area contributed by atoms with Crippen molar-refractivity contribution in [3.8, 4) is 0 Å². The van der Waals surface area contributed by atoms with Crippen molar-refractivity contribution >= 4 is 17.3 Å². The Bertz CT molecular complexity index is 307. The van der Waals surface area contributed by atoms with Crippen LogP contribution >= 0.6 is 11.6 Å². The summed E-state index contributed by atoms with van der Waals surface area (Å²) < 4.78 is 0. The first-order valence-corrected chi connectivity index (χ1v) is 5.00. The lowest BCUT2D eigenvalue weighted by atomic mass is 9.95. The molecule has 1 nitrogen and oxygen atoms in total. The van der Waals surface area contributed by atoms with Crippen LogP contribution < -0.4 is 5.73 Å². The molecule has 0 amide bonds. The highest BCUT2D eigenvalue weighted by molar-refractivity contribution is 6.31. The first kappa shape index (κ1) is 10.4. The van der Waals surface area contributed by atoms with E-state index in [0.29, 0.717) is 5.92 Å². The van der Waals surface area contributed by atoms with E-state index < -0.39 is 0 Å². The number of nitrogens with two attached hydrogens (primary N) is 1. The molecule has 0 fully saturated rings. The largest absolute Gasteiger partial charge is 0.398 e. The summed E-state index contributed by atoms with van der Waals surface area (Å²) in [6.07, 6.45) is 1.10. The van der Waals surface area contributed by atoms with E-state index in [1.807, 2.05) is 19.1 Å². The van der Waals surface area contributed by atoms with Crippen molar-refractivity contribution in [3.63, 3.8) is 0 Å². The zero-order chi connectivity index (χ0) is 10.0. The van der Waals surface area contributed by atoms with E-state index in [4.69, 9.17) is 17.3 Å². The molecule has 1 aromatic rings. The summed E-state index contributed by atoms with van der Waals surface area (Å²) >= 11 is 5.95. The van der Waals surface area contributed by atoms with Gasteiger partial charge in [0, 0.05) is 10.7 Å². The summed E-state index contributed by atoms with van der Waals surface area (Å²) in [5, 5.41) is 0.754. The van der Waals surface area contributed by atoms with E-state index in [1.165, 1.54) is 5.56 Å². The molecule has 0 saturated heterocycles. The van der Waals surface area contributed by atoms with Gasteiger partial charge in [-0.1, -0.05) is 31.5 Å². The topological polar surface area (TPSA) is 26.0 Å². The Morgan fingerprint density at radius 3 is 2.62 bits per heavy atom. The summed E-state index contributed by atoms with van der Waals surface area (Å²) in [5.41, 5.74) is 9.04. The molecule has 72 valence electrons. The average Bonchev–Trinajstić information content (AvgIpc) is 2.13. The summed E-state index contributed by atoms with van der Waals surface area (Å²) in [6, 6.07) is 3.95. The van der Waals surface area contributed by atoms with Gasteiger partial charge in [0.1, 0.15) is 0 Å². The molecule has 0 spiro atoms. The van der Waals surface area contributed by atoms with Gasteiger partial charge < -0.3 is 5.73 Å². The van der Waals surface area contributed by atoms with Crippen molar-refractivity contribution in [2.24, 2.45) is 0 Å². The molecule has 2 heteroatoms. The number of hydrogen-bond acceptors (Lipinski definition) is 1. The number of rotatable bonds is 2. The van der Waals surface area contributed by atoms with Crippen LogP contribution in [0.5, 0.6) is 0 Å². The van der Waals surface area contributed by atoms with E-state index in [-0.39, 0.29) is 0 Å². The monoisotopic (exact) mass is 197 g/mol. The van der Waals surface area contributed by atoms with Crippen LogP contribution in [0.3, 0.4) is 0 Å². The lowest BCUT2D eigenvalue weighted by Gasteiger charge is -2.14. The minimum Gasteiger partial charge on any atom is -0.398 e. The van der Waals surface area contributed by atoms with Crippen LogP contribution in [0, 0.1) is 6.92 Å². The van der Waals surface area contributed by atoms with Gasteiger partial charge in [0.25, 0.3) is 0 Å². The van der Waals surface area contributed by atoms with Crippen LogP contribution in [-0.4, -0.2) is 0 Å². The maximum atomic E-state index is 5.98. The standard InChI is InChI=1S/C11H16ClN/c1-4-7(2)9-5-6-10(12)8(3)11(9)13/h5-7H,4,13H2,1-3H3. The summed E-state index contributed by atoms with van der Waals surface area (Å²) in [4.78, 5) is 0. The first-order valence-electron chi connectivity index (χ1n) is 4.62. The molecule has 0 aliphatic rings. The van der Waals surface area contributed by atoms with E-state index in [1.54, 1.807) is 0 Å². The molecule has 0 aliphatic heterocycles. The van der Waals surface area contributed by atoms with Crippen LogP contribution in [0.25, 0.3) is 0 Å². The SMILES string of the molecule is CCC(C)c1ccc(Cl)c(C)c1N. The van der Waals surface area contributed by atoms with Gasteiger partial charge in [-0.05, 0) is 36.5 Å². The van der Waals surface area contributed by atoms with Crippen molar-refractivity contribution in [3.05, 3.63) is 28.3 Å². The Kier molecular flexibility index (Phi) is 3.21. The van der Waals surface area contributed by atoms with Crippen molar-refractivity contribution < 1.29 is 0 Å². The Morgan fingerprint density at radius 1 is 1.46 bits per heavy atom. The highest BCUT2D eigenvalue weighted by Gasteiger charge is 2.10. The smallest absolute Gasteiger partial charge is 0.0455 e. The Balaban J connectivity index is 3.18. The fraction of sp³-hybridized carbons (Fsp3) is 0.455. The molecule has 0 aliphatic carbocycles. The van der Waals surface area contributed by atoms with Crippen molar-refractivity contribution in [1.82, 2.24) is 0 Å². The minimum atomic E-state index is 0.510. The van der Waals surface area contributed by atoms with E-state index >= 15 is 0 Å². The molecule has 1 atom stereocenters. The lowest BCUT2D eigenvalue weighted by molar-refractivity contribution is 0.735. The number of halogens is 1. The summed E-state index contributed by atoms with van der Waals surface area (Å²) in [7, 11) is 0. The maximum Gasteiger partial charge on any atom is 0.0455 e. The summed E-state index contributed by atoms with van der Waals surface area (Å²) in [6.45, 7) is 6.30. The predicted molar refractivity (Wildman–Crippen MR) is 59.3 cm³/mol. The minimum absolute atomic E-state index is 0.510. The third kappa shape index (κ3) is 1.97. The number of anilines is 1. The van der Waals surface area contributed by atoms with Crippen molar-refractivity contribution in [2.45, 2.75) is 33.1 Å². The number of benzene rings is 1. The summed E-state index contributed by atoms with van der Waals surface area (Å²) in [5.74, 6) is 0.510. The van der Waals surface area contributed by atoms with E-state index in [0.717, 1.165) is 22.7 Å². The van der Waals surface area contributed by atoms with Gasteiger partial charge in [0.2, 0.25) is 0 Å². The predicted octanol–water partition coefficient (Wildman–Crippen LogP) is 3.74. The van der Waals surface area contributed by atoms with Gasteiger partial charge in [-0.2, -0.15) is 0 Å². The molecule has 1 unspecified atom stereocenters. The zero-order valence-corrected chi connectivity index (χ0v) is 9.15. The van der Waals surface area contributed by atoms with Gasteiger partial charge in [0.05, 0.1) is 0 Å². The molecule has 1 aromatic carbocycles. The molecule has 0 bridgehead atoms. The lowest BCUT2D eigenvalue weighted by Crippen LogP contribution is -2.00. The molecular formula is C11H16ClN. The van der Waals surface area contributed by atoms with E-state index in [9.17, 15) is 0 Å². The highest BCUT2D eigenvalue weighted by Crippen LogP contribution is 2.30. The van der Waals surface area contributed by atoms with Crippen LogP contribution in [-0.2, 0) is 0 Å². The Hall–Kier alpha value is -0.690. The molecule has 0 radical (unpaired) electrons. The zero-order valence-electron chi connectivity index (χ0n) is 8.39. The Labute approximate surface area is 84.9 Å². The van der Waals surface area contributed by atoms with Crippen LogP contribution in [0.1, 0.15) is 37.3 Å². The highest BCUT2D eigenvalue weighted by atomic mass is 35.5. The molecular weight excluding hydrogens is 182 g/mol. The maximum absolute atomic E-state index is 5.98. The quantitative estimate of drug-likeness (QED) is 0.719. The fourth-order valence-electron chi connectivity index (χ4n) is 1.37. The molecule has 0 heterocycles. The first-order chi connectivity index (χ1) is 6.07.